The van der Waals surface area contributed by atoms with E-state index in [-0.39, 0.29) is 0 Å². The molecular weight excluding hydrogens is 303 g/mol. The van der Waals surface area contributed by atoms with Crippen molar-refractivity contribution in [2.75, 3.05) is 24.5 Å². The number of fused-ring (bicyclic) bond motifs is 1. The highest BCUT2D eigenvalue weighted by Crippen LogP contribution is 2.38. The van der Waals surface area contributed by atoms with Crippen molar-refractivity contribution in [2.24, 2.45) is 0 Å². The van der Waals surface area contributed by atoms with Gasteiger partial charge in [0.2, 0.25) is 0 Å². The van der Waals surface area contributed by atoms with Gasteiger partial charge in [0.25, 0.3) is 0 Å². The smallest absolute Gasteiger partial charge is 0.131 e. The van der Waals surface area contributed by atoms with Gasteiger partial charge in [0.15, 0.2) is 0 Å². The quantitative estimate of drug-likeness (QED) is 0.877. The van der Waals surface area contributed by atoms with Crippen LogP contribution in [0.5, 0.6) is 0 Å². The second-order valence-corrected chi connectivity index (χ2v) is 6.15. The molecule has 0 saturated carbocycles. The largest absolute Gasteiger partial charge is 0.367 e. The molecule has 1 aliphatic heterocycles. The standard InChI is InChI=1S/C12H14Cl2N4S/c1-7-6-18(4-2-3-15-7)12-9(14)5-8(13)10-11(12)17-19-16-10/h5,7,15H,2-4,6H2,1H3. The Labute approximate surface area is 126 Å². The molecule has 1 aromatic carbocycles. The van der Waals surface area contributed by atoms with E-state index in [1.807, 2.05) is 0 Å². The number of hydrogen-bond donors (Lipinski definition) is 1. The number of aromatic nitrogens is 2. The third-order valence-electron chi connectivity index (χ3n) is 3.33. The number of halogens is 2. The summed E-state index contributed by atoms with van der Waals surface area (Å²) in [5.41, 5.74) is 2.53. The van der Waals surface area contributed by atoms with Crippen LogP contribution in [0.3, 0.4) is 0 Å². The molecule has 1 fully saturated rings. The topological polar surface area (TPSA) is 41.1 Å². The summed E-state index contributed by atoms with van der Waals surface area (Å²) >= 11 is 13.7. The number of benzene rings is 1. The summed E-state index contributed by atoms with van der Waals surface area (Å²) in [5.74, 6) is 0. The van der Waals surface area contributed by atoms with E-state index < -0.39 is 0 Å². The van der Waals surface area contributed by atoms with Crippen LogP contribution in [-0.4, -0.2) is 34.4 Å². The Hall–Kier alpha value is -0.620. The van der Waals surface area contributed by atoms with E-state index in [4.69, 9.17) is 23.2 Å². The predicted octanol–water partition coefficient (Wildman–Crippen LogP) is 3.19. The number of rotatable bonds is 1. The van der Waals surface area contributed by atoms with Crippen LogP contribution in [0.4, 0.5) is 5.69 Å². The monoisotopic (exact) mass is 316 g/mol. The van der Waals surface area contributed by atoms with E-state index in [1.165, 1.54) is 11.7 Å². The van der Waals surface area contributed by atoms with Crippen LogP contribution >= 0.6 is 34.9 Å². The lowest BCUT2D eigenvalue weighted by Gasteiger charge is -2.26. The van der Waals surface area contributed by atoms with Crippen LogP contribution in [0, 0.1) is 0 Å². The Morgan fingerprint density at radius 1 is 1.32 bits per heavy atom. The highest BCUT2D eigenvalue weighted by Gasteiger charge is 2.22. The summed E-state index contributed by atoms with van der Waals surface area (Å²) in [4.78, 5) is 2.28. The highest BCUT2D eigenvalue weighted by molar-refractivity contribution is 7.00. The first kappa shape index (κ1) is 13.4. The Bertz CT molecular complexity index is 601. The fraction of sp³-hybridized carbons (Fsp3) is 0.500. The van der Waals surface area contributed by atoms with Crippen molar-refractivity contribution >= 4 is 51.7 Å². The molecular formula is C12H14Cl2N4S. The maximum absolute atomic E-state index is 6.39. The first-order chi connectivity index (χ1) is 9.16. The van der Waals surface area contributed by atoms with Gasteiger partial charge in [-0.05, 0) is 26.0 Å². The minimum atomic E-state index is 0.427. The molecule has 2 heterocycles. The van der Waals surface area contributed by atoms with Crippen LogP contribution in [-0.2, 0) is 0 Å². The molecule has 1 N–H and O–H groups in total. The van der Waals surface area contributed by atoms with Crippen molar-refractivity contribution < 1.29 is 0 Å². The number of nitrogens with one attached hydrogen (secondary N) is 1. The zero-order valence-corrected chi connectivity index (χ0v) is 12.8. The number of hydrogen-bond acceptors (Lipinski definition) is 5. The Morgan fingerprint density at radius 2 is 2.11 bits per heavy atom. The van der Waals surface area contributed by atoms with E-state index in [0.717, 1.165) is 42.8 Å². The average Bonchev–Trinajstić information content (AvgIpc) is 2.74. The van der Waals surface area contributed by atoms with E-state index in [1.54, 1.807) is 6.07 Å². The Morgan fingerprint density at radius 3 is 2.95 bits per heavy atom. The van der Waals surface area contributed by atoms with Gasteiger partial charge >= 0.3 is 0 Å². The minimum absolute atomic E-state index is 0.427. The lowest BCUT2D eigenvalue weighted by molar-refractivity contribution is 0.585. The summed E-state index contributed by atoms with van der Waals surface area (Å²) in [6.45, 7) is 5.08. The minimum Gasteiger partial charge on any atom is -0.367 e. The molecule has 0 radical (unpaired) electrons. The molecule has 4 nitrogen and oxygen atoms in total. The third kappa shape index (κ3) is 2.52. The molecule has 0 aliphatic carbocycles. The van der Waals surface area contributed by atoms with E-state index in [9.17, 15) is 0 Å². The first-order valence-corrected chi connectivity index (χ1v) is 7.74. The molecule has 1 aliphatic rings. The van der Waals surface area contributed by atoms with Crippen molar-refractivity contribution in [3.05, 3.63) is 16.1 Å². The van der Waals surface area contributed by atoms with Gasteiger partial charge in [-0.15, -0.1) is 0 Å². The molecule has 102 valence electrons. The van der Waals surface area contributed by atoms with Crippen LogP contribution < -0.4 is 10.2 Å². The first-order valence-electron chi connectivity index (χ1n) is 6.25. The van der Waals surface area contributed by atoms with E-state index in [0.29, 0.717) is 16.1 Å². The normalized spacial score (nSPS) is 20.8. The lowest BCUT2D eigenvalue weighted by atomic mass is 10.2. The zero-order chi connectivity index (χ0) is 13.4. The van der Waals surface area contributed by atoms with Gasteiger partial charge in [0.1, 0.15) is 11.0 Å². The van der Waals surface area contributed by atoms with Gasteiger partial charge in [-0.1, -0.05) is 23.2 Å². The average molecular weight is 317 g/mol. The predicted molar refractivity (Wildman–Crippen MR) is 81.7 cm³/mol. The molecule has 19 heavy (non-hydrogen) atoms. The summed E-state index contributed by atoms with van der Waals surface area (Å²) < 4.78 is 8.63. The molecule has 0 bridgehead atoms. The summed E-state index contributed by atoms with van der Waals surface area (Å²) in [6, 6.07) is 2.20. The summed E-state index contributed by atoms with van der Waals surface area (Å²) in [7, 11) is 0. The molecule has 0 spiro atoms. The van der Waals surface area contributed by atoms with E-state index in [2.05, 4.69) is 25.9 Å². The molecule has 1 atom stereocenters. The maximum Gasteiger partial charge on any atom is 0.131 e. The van der Waals surface area contributed by atoms with Gasteiger partial charge in [0.05, 0.1) is 27.5 Å². The van der Waals surface area contributed by atoms with Crippen LogP contribution in [0.1, 0.15) is 13.3 Å². The van der Waals surface area contributed by atoms with Gasteiger partial charge in [-0.25, -0.2) is 0 Å². The van der Waals surface area contributed by atoms with Crippen LogP contribution in [0.15, 0.2) is 6.07 Å². The molecule has 3 rings (SSSR count). The fourth-order valence-corrected chi connectivity index (χ4v) is 3.70. The SMILES string of the molecule is CC1CN(c2c(Cl)cc(Cl)c3nsnc23)CCCN1. The van der Waals surface area contributed by atoms with Gasteiger partial charge in [-0.2, -0.15) is 8.75 Å². The molecule has 0 amide bonds. The summed E-state index contributed by atoms with van der Waals surface area (Å²) in [5, 5.41) is 4.69. The van der Waals surface area contributed by atoms with Crippen molar-refractivity contribution in [2.45, 2.75) is 19.4 Å². The Balaban J connectivity index is 2.10. The molecule has 1 saturated heterocycles. The number of nitrogens with zero attached hydrogens (tertiary/aromatic N) is 3. The molecule has 1 unspecified atom stereocenters. The van der Waals surface area contributed by atoms with Gasteiger partial charge in [-0.3, -0.25) is 0 Å². The van der Waals surface area contributed by atoms with Crippen molar-refractivity contribution in [1.82, 2.24) is 14.1 Å². The fourth-order valence-electron chi connectivity index (χ4n) is 2.47. The second kappa shape index (κ2) is 5.40. The zero-order valence-electron chi connectivity index (χ0n) is 10.5. The van der Waals surface area contributed by atoms with Crippen LogP contribution in [0.25, 0.3) is 11.0 Å². The molecule has 7 heteroatoms. The Kier molecular flexibility index (Phi) is 3.80. The second-order valence-electron chi connectivity index (χ2n) is 4.80. The van der Waals surface area contributed by atoms with Crippen LogP contribution in [0.2, 0.25) is 10.0 Å². The summed E-state index contributed by atoms with van der Waals surface area (Å²) in [6.07, 6.45) is 1.09. The third-order valence-corrected chi connectivity index (χ3v) is 4.43. The highest BCUT2D eigenvalue weighted by atomic mass is 35.5. The van der Waals surface area contributed by atoms with Gasteiger partial charge < -0.3 is 10.2 Å². The van der Waals surface area contributed by atoms with E-state index >= 15 is 0 Å². The van der Waals surface area contributed by atoms with Crippen molar-refractivity contribution in [3.63, 3.8) is 0 Å². The molecule has 2 aromatic rings. The number of anilines is 1. The maximum atomic E-state index is 6.39. The van der Waals surface area contributed by atoms with Crippen molar-refractivity contribution in [1.29, 1.82) is 0 Å². The van der Waals surface area contributed by atoms with Crippen molar-refractivity contribution in [3.8, 4) is 0 Å². The van der Waals surface area contributed by atoms with Gasteiger partial charge in [0, 0.05) is 19.1 Å². The lowest BCUT2D eigenvalue weighted by Crippen LogP contribution is -2.35. The molecule has 1 aromatic heterocycles.